The number of halogens is 2. The van der Waals surface area contributed by atoms with Crippen molar-refractivity contribution in [2.24, 2.45) is 0 Å². The van der Waals surface area contributed by atoms with E-state index in [1.54, 1.807) is 6.07 Å². The third-order valence-electron chi connectivity index (χ3n) is 3.91. The summed E-state index contributed by atoms with van der Waals surface area (Å²) in [6.07, 6.45) is 0.392. The van der Waals surface area contributed by atoms with Crippen LogP contribution in [0.1, 0.15) is 34.9 Å². The highest BCUT2D eigenvalue weighted by molar-refractivity contribution is 6.33. The van der Waals surface area contributed by atoms with Crippen molar-refractivity contribution in [1.29, 1.82) is 0 Å². The molecule has 21 heavy (non-hydrogen) atoms. The lowest BCUT2D eigenvalue weighted by Gasteiger charge is -2.20. The summed E-state index contributed by atoms with van der Waals surface area (Å²) in [6.45, 7) is 2.08. The summed E-state index contributed by atoms with van der Waals surface area (Å²) in [5.41, 5.74) is 3.81. The summed E-state index contributed by atoms with van der Waals surface area (Å²) < 4.78 is 0. The van der Waals surface area contributed by atoms with Gasteiger partial charge in [0.25, 0.3) is 0 Å². The van der Waals surface area contributed by atoms with Crippen molar-refractivity contribution in [3.8, 4) is 0 Å². The molecule has 0 saturated heterocycles. The number of rotatable bonds is 3. The normalized spacial score (nSPS) is 16.2. The maximum atomic E-state index is 11.5. The first-order valence-corrected chi connectivity index (χ1v) is 7.69. The molecule has 2 aromatic carbocycles. The average molecular weight is 320 g/mol. The van der Waals surface area contributed by atoms with E-state index >= 15 is 0 Å². The summed E-state index contributed by atoms with van der Waals surface area (Å²) in [7, 11) is 0. The summed E-state index contributed by atoms with van der Waals surface area (Å²) in [5.74, 6) is 0.133. The Morgan fingerprint density at radius 1 is 1.19 bits per heavy atom. The van der Waals surface area contributed by atoms with E-state index in [9.17, 15) is 4.79 Å². The van der Waals surface area contributed by atoms with E-state index in [1.165, 1.54) is 5.56 Å². The third-order valence-corrected chi connectivity index (χ3v) is 4.85. The lowest BCUT2D eigenvalue weighted by molar-refractivity contribution is -0.115. The molecule has 0 radical (unpaired) electrons. The van der Waals surface area contributed by atoms with Gasteiger partial charge in [-0.3, -0.25) is 4.79 Å². The number of nitrogens with one attached hydrogen (secondary N) is 1. The Kier molecular flexibility index (Phi) is 3.92. The first kappa shape index (κ1) is 14.4. The van der Waals surface area contributed by atoms with Gasteiger partial charge in [0.15, 0.2) is 0 Å². The predicted molar refractivity (Wildman–Crippen MR) is 87.2 cm³/mol. The second-order valence-electron chi connectivity index (χ2n) is 5.36. The predicted octanol–water partition coefficient (Wildman–Crippen LogP) is 4.92. The van der Waals surface area contributed by atoms with E-state index in [-0.39, 0.29) is 17.2 Å². The van der Waals surface area contributed by atoms with E-state index in [2.05, 4.69) is 24.4 Å². The first-order valence-electron chi connectivity index (χ1n) is 6.87. The molecule has 0 saturated carbocycles. The molecule has 1 heterocycles. The van der Waals surface area contributed by atoms with Crippen LogP contribution >= 0.6 is 23.2 Å². The Hall–Kier alpha value is -1.51. The van der Waals surface area contributed by atoms with Crippen molar-refractivity contribution in [2.45, 2.75) is 24.6 Å². The van der Waals surface area contributed by atoms with E-state index in [0.29, 0.717) is 11.4 Å². The standard InChI is InChI=1S/C17H15Cl2NO/c1-10(11-5-3-2-4-6-11)17(19)13-7-12-8-16(21)20-15(12)9-14(13)18/h2-7,9-10,17H,8H2,1H3,(H,20,21). The lowest BCUT2D eigenvalue weighted by atomic mass is 9.92. The highest BCUT2D eigenvalue weighted by Crippen LogP contribution is 2.41. The van der Waals surface area contributed by atoms with Crippen molar-refractivity contribution < 1.29 is 4.79 Å². The van der Waals surface area contributed by atoms with Crippen molar-refractivity contribution in [2.75, 3.05) is 5.32 Å². The molecule has 4 heteroatoms. The van der Waals surface area contributed by atoms with E-state index in [0.717, 1.165) is 16.8 Å². The second kappa shape index (κ2) is 5.70. The van der Waals surface area contributed by atoms with Gasteiger partial charge in [-0.15, -0.1) is 11.6 Å². The Bertz CT molecular complexity index is 685. The molecule has 1 aliphatic heterocycles. The summed E-state index contributed by atoms with van der Waals surface area (Å²) >= 11 is 13.0. The molecule has 0 bridgehead atoms. The number of carbonyl (C=O) groups is 1. The van der Waals surface area contributed by atoms with Gasteiger partial charge in [0, 0.05) is 16.6 Å². The number of hydrogen-bond donors (Lipinski definition) is 1. The molecule has 1 amide bonds. The van der Waals surface area contributed by atoms with Gasteiger partial charge in [0.05, 0.1) is 11.8 Å². The molecule has 108 valence electrons. The van der Waals surface area contributed by atoms with Gasteiger partial charge < -0.3 is 5.32 Å². The number of hydrogen-bond acceptors (Lipinski definition) is 1. The van der Waals surface area contributed by atoms with E-state index in [4.69, 9.17) is 23.2 Å². The minimum absolute atomic E-state index is 0.000414. The number of fused-ring (bicyclic) bond motifs is 1. The van der Waals surface area contributed by atoms with Gasteiger partial charge in [-0.2, -0.15) is 0 Å². The van der Waals surface area contributed by atoms with Gasteiger partial charge in [0.2, 0.25) is 5.91 Å². The molecule has 3 rings (SSSR count). The van der Waals surface area contributed by atoms with Crippen LogP contribution in [0.4, 0.5) is 5.69 Å². The highest BCUT2D eigenvalue weighted by atomic mass is 35.5. The average Bonchev–Trinajstić information content (AvgIpc) is 2.85. The van der Waals surface area contributed by atoms with Gasteiger partial charge in [-0.1, -0.05) is 54.9 Å². The number of carbonyl (C=O) groups excluding carboxylic acids is 1. The van der Waals surface area contributed by atoms with Crippen LogP contribution in [0.15, 0.2) is 42.5 Å². The molecule has 0 aromatic heterocycles. The Balaban J connectivity index is 1.94. The number of benzene rings is 2. The van der Waals surface area contributed by atoms with Gasteiger partial charge in [-0.25, -0.2) is 0 Å². The zero-order valence-corrected chi connectivity index (χ0v) is 13.1. The molecular weight excluding hydrogens is 305 g/mol. The van der Waals surface area contributed by atoms with Crippen molar-refractivity contribution in [1.82, 2.24) is 0 Å². The van der Waals surface area contributed by atoms with Crippen LogP contribution < -0.4 is 5.32 Å². The Morgan fingerprint density at radius 2 is 1.90 bits per heavy atom. The van der Waals surface area contributed by atoms with Crippen LogP contribution in [-0.4, -0.2) is 5.91 Å². The SMILES string of the molecule is CC(c1ccccc1)C(Cl)c1cc2c(cc1Cl)NC(=O)C2. The molecule has 1 aliphatic rings. The lowest BCUT2D eigenvalue weighted by Crippen LogP contribution is -2.04. The quantitative estimate of drug-likeness (QED) is 0.799. The maximum absolute atomic E-state index is 11.5. The van der Waals surface area contributed by atoms with Crippen LogP contribution in [0.5, 0.6) is 0 Å². The van der Waals surface area contributed by atoms with Crippen LogP contribution in [0, 0.1) is 0 Å². The van der Waals surface area contributed by atoms with Crippen LogP contribution in [0.25, 0.3) is 0 Å². The number of amides is 1. The zero-order chi connectivity index (χ0) is 15.0. The fourth-order valence-electron chi connectivity index (χ4n) is 2.67. The van der Waals surface area contributed by atoms with Gasteiger partial charge in [-0.05, 0) is 22.8 Å². The van der Waals surface area contributed by atoms with Crippen molar-refractivity contribution in [3.05, 3.63) is 64.2 Å². The maximum Gasteiger partial charge on any atom is 0.228 e. The largest absolute Gasteiger partial charge is 0.325 e. The minimum Gasteiger partial charge on any atom is -0.325 e. The molecule has 1 N–H and O–H groups in total. The van der Waals surface area contributed by atoms with Crippen molar-refractivity contribution >= 4 is 34.8 Å². The molecule has 0 fully saturated rings. The molecule has 2 atom stereocenters. The molecule has 0 aliphatic carbocycles. The van der Waals surface area contributed by atoms with Crippen molar-refractivity contribution in [3.63, 3.8) is 0 Å². The van der Waals surface area contributed by atoms with Gasteiger partial charge >= 0.3 is 0 Å². The molecule has 2 nitrogen and oxygen atoms in total. The molecule has 2 aromatic rings. The van der Waals surface area contributed by atoms with Crippen LogP contribution in [-0.2, 0) is 11.2 Å². The Morgan fingerprint density at radius 3 is 2.62 bits per heavy atom. The fraction of sp³-hybridized carbons (Fsp3) is 0.235. The molecule has 2 unspecified atom stereocenters. The monoisotopic (exact) mass is 319 g/mol. The fourth-order valence-corrected chi connectivity index (χ4v) is 3.34. The summed E-state index contributed by atoms with van der Waals surface area (Å²) in [4.78, 5) is 11.5. The van der Waals surface area contributed by atoms with Crippen LogP contribution in [0.2, 0.25) is 5.02 Å². The molecule has 0 spiro atoms. The second-order valence-corrected chi connectivity index (χ2v) is 6.23. The zero-order valence-electron chi connectivity index (χ0n) is 11.6. The highest BCUT2D eigenvalue weighted by Gasteiger charge is 2.25. The van der Waals surface area contributed by atoms with E-state index < -0.39 is 0 Å². The molecular formula is C17H15Cl2NO. The third kappa shape index (κ3) is 2.78. The smallest absolute Gasteiger partial charge is 0.228 e. The Labute approximate surface area is 134 Å². The van der Waals surface area contributed by atoms with Gasteiger partial charge in [0.1, 0.15) is 0 Å². The summed E-state index contributed by atoms with van der Waals surface area (Å²) in [6, 6.07) is 13.9. The minimum atomic E-state index is -0.235. The number of anilines is 1. The summed E-state index contributed by atoms with van der Waals surface area (Å²) in [5, 5.41) is 3.16. The topological polar surface area (TPSA) is 29.1 Å². The van der Waals surface area contributed by atoms with Crippen LogP contribution in [0.3, 0.4) is 0 Å². The number of alkyl halides is 1. The van der Waals surface area contributed by atoms with E-state index in [1.807, 2.05) is 24.3 Å². The first-order chi connectivity index (χ1) is 10.1.